The first kappa shape index (κ1) is 19.7. The molecular weight excluding hydrogens is 379 g/mol. The van der Waals surface area contributed by atoms with E-state index in [9.17, 15) is 22.8 Å². The number of ether oxygens (including phenoxy) is 1. The highest BCUT2D eigenvalue weighted by Gasteiger charge is 2.31. The van der Waals surface area contributed by atoms with Crippen molar-refractivity contribution < 1.29 is 32.6 Å². The molecule has 1 atom stereocenters. The van der Waals surface area contributed by atoms with Crippen LogP contribution in [0.2, 0.25) is 0 Å². The van der Waals surface area contributed by atoms with Crippen LogP contribution in [-0.4, -0.2) is 33.1 Å². The summed E-state index contributed by atoms with van der Waals surface area (Å²) in [6.07, 6.45) is -1.18. The average molecular weight is 397 g/mol. The number of aryl methyl sites for hydroxylation is 1. The van der Waals surface area contributed by atoms with Crippen LogP contribution in [0.1, 0.15) is 46.9 Å². The Kier molecular flexibility index (Phi) is 5.57. The first-order valence-corrected chi connectivity index (χ1v) is 8.66. The van der Waals surface area contributed by atoms with E-state index in [0.717, 1.165) is 37.2 Å². The van der Waals surface area contributed by atoms with Crippen LogP contribution in [0.5, 0.6) is 5.75 Å². The molecule has 1 unspecified atom stereocenters. The topological polar surface area (TPSA) is 93.5 Å². The number of benzene rings is 1. The van der Waals surface area contributed by atoms with Crippen LogP contribution in [0.25, 0.3) is 0 Å². The number of amides is 1. The molecule has 2 aromatic rings. The number of carbonyl (C=O) groups excluding carboxylic acids is 1. The van der Waals surface area contributed by atoms with Crippen molar-refractivity contribution in [2.24, 2.45) is 0 Å². The molecule has 0 saturated heterocycles. The number of hydrogen-bond donors (Lipinski definition) is 2. The molecule has 3 rings (SSSR count). The van der Waals surface area contributed by atoms with Crippen molar-refractivity contribution in [2.75, 3.05) is 0 Å². The van der Waals surface area contributed by atoms with E-state index in [1.165, 1.54) is 18.3 Å². The number of halogens is 3. The van der Waals surface area contributed by atoms with Gasteiger partial charge in [-0.15, -0.1) is 13.2 Å². The number of aromatic nitrogens is 2. The lowest BCUT2D eigenvalue weighted by molar-refractivity contribution is -0.274. The summed E-state index contributed by atoms with van der Waals surface area (Å²) in [7, 11) is 0. The molecule has 2 N–H and O–H groups in total. The Morgan fingerprint density at radius 1 is 1.25 bits per heavy atom. The van der Waals surface area contributed by atoms with Gasteiger partial charge in [0.2, 0.25) is 0 Å². The Hall–Kier alpha value is -3.04. The van der Waals surface area contributed by atoms with Crippen molar-refractivity contribution in [3.8, 4) is 5.75 Å². The van der Waals surface area contributed by atoms with Crippen LogP contribution < -0.4 is 10.1 Å². The van der Waals surface area contributed by atoms with E-state index in [2.05, 4.69) is 15.2 Å². The van der Waals surface area contributed by atoms with E-state index in [4.69, 9.17) is 5.11 Å². The molecule has 0 spiro atoms. The minimum Gasteiger partial charge on any atom is -0.481 e. The second kappa shape index (κ2) is 7.91. The van der Waals surface area contributed by atoms with Gasteiger partial charge < -0.3 is 15.2 Å². The zero-order chi connectivity index (χ0) is 20.3. The molecule has 1 aromatic heterocycles. The van der Waals surface area contributed by atoms with Crippen molar-refractivity contribution >= 4 is 11.9 Å². The SMILES string of the molecule is O=C(O)CC(NC(=O)c1cnn2c1CCCC2)c1ccc(OC(F)(F)F)cc1. The van der Waals surface area contributed by atoms with Crippen molar-refractivity contribution in [3.05, 3.63) is 47.3 Å². The van der Waals surface area contributed by atoms with E-state index < -0.39 is 36.5 Å². The van der Waals surface area contributed by atoms with Crippen LogP contribution in [0.3, 0.4) is 0 Å². The third-order valence-electron chi connectivity index (χ3n) is 4.43. The van der Waals surface area contributed by atoms with Gasteiger partial charge in [-0.3, -0.25) is 14.3 Å². The lowest BCUT2D eigenvalue weighted by atomic mass is 10.0. The van der Waals surface area contributed by atoms with E-state index >= 15 is 0 Å². The summed E-state index contributed by atoms with van der Waals surface area (Å²) in [4.78, 5) is 23.9. The predicted octanol–water partition coefficient (Wildman–Crippen LogP) is 3.06. The molecule has 0 fully saturated rings. The summed E-state index contributed by atoms with van der Waals surface area (Å²) < 4.78 is 42.4. The molecule has 150 valence electrons. The van der Waals surface area contributed by atoms with Gasteiger partial charge in [-0.2, -0.15) is 5.10 Å². The number of aliphatic carboxylic acids is 1. The number of carbonyl (C=O) groups is 2. The summed E-state index contributed by atoms with van der Waals surface area (Å²) in [5.74, 6) is -2.05. The van der Waals surface area contributed by atoms with E-state index in [1.54, 1.807) is 4.68 Å². The van der Waals surface area contributed by atoms with Crippen LogP contribution in [0, 0.1) is 0 Å². The largest absolute Gasteiger partial charge is 0.573 e. The lowest BCUT2D eigenvalue weighted by Crippen LogP contribution is -2.31. The van der Waals surface area contributed by atoms with E-state index in [-0.39, 0.29) is 0 Å². The number of fused-ring (bicyclic) bond motifs is 1. The van der Waals surface area contributed by atoms with Crippen molar-refractivity contribution in [1.29, 1.82) is 0 Å². The normalized spacial score (nSPS) is 14.8. The maximum atomic E-state index is 12.7. The number of carboxylic acids is 1. The number of hydrogen-bond acceptors (Lipinski definition) is 4. The second-order valence-electron chi connectivity index (χ2n) is 6.43. The van der Waals surface area contributed by atoms with Gasteiger partial charge in [0, 0.05) is 6.54 Å². The minimum atomic E-state index is -4.82. The molecule has 7 nitrogen and oxygen atoms in total. The van der Waals surface area contributed by atoms with Gasteiger partial charge in [-0.25, -0.2) is 0 Å². The molecule has 0 saturated carbocycles. The predicted molar refractivity (Wildman–Crippen MR) is 90.8 cm³/mol. The van der Waals surface area contributed by atoms with Crippen molar-refractivity contribution in [1.82, 2.24) is 15.1 Å². The van der Waals surface area contributed by atoms with Gasteiger partial charge in [-0.1, -0.05) is 12.1 Å². The zero-order valence-corrected chi connectivity index (χ0v) is 14.7. The Morgan fingerprint density at radius 3 is 2.61 bits per heavy atom. The number of nitrogens with one attached hydrogen (secondary N) is 1. The first-order chi connectivity index (χ1) is 13.2. The molecule has 1 amide bonds. The minimum absolute atomic E-state index is 0.353. The molecule has 1 aliphatic rings. The van der Waals surface area contributed by atoms with Crippen LogP contribution in [0.4, 0.5) is 13.2 Å². The Bertz CT molecular complexity index is 862. The highest BCUT2D eigenvalue weighted by atomic mass is 19.4. The van der Waals surface area contributed by atoms with Gasteiger partial charge in [0.15, 0.2) is 0 Å². The monoisotopic (exact) mass is 397 g/mol. The van der Waals surface area contributed by atoms with E-state index in [1.807, 2.05) is 0 Å². The highest BCUT2D eigenvalue weighted by Crippen LogP contribution is 2.26. The summed E-state index contributed by atoms with van der Waals surface area (Å²) in [6.45, 7) is 0.724. The fourth-order valence-corrected chi connectivity index (χ4v) is 3.18. The molecule has 0 aliphatic carbocycles. The fourth-order valence-electron chi connectivity index (χ4n) is 3.18. The van der Waals surface area contributed by atoms with E-state index in [0.29, 0.717) is 17.5 Å². The molecule has 28 heavy (non-hydrogen) atoms. The molecular formula is C18H18F3N3O4. The maximum absolute atomic E-state index is 12.7. The number of alkyl halides is 3. The van der Waals surface area contributed by atoms with Gasteiger partial charge in [0.05, 0.1) is 29.9 Å². The fraction of sp³-hybridized carbons (Fsp3) is 0.389. The standard InChI is InChI=1S/C18H18F3N3O4/c19-18(20,21)28-12-6-4-11(5-7-12)14(9-16(25)26)23-17(27)13-10-22-24-8-2-1-3-15(13)24/h4-7,10,14H,1-3,8-9H2,(H,23,27)(H,25,26). The van der Waals surface area contributed by atoms with Gasteiger partial charge in [0.25, 0.3) is 5.91 Å². The summed E-state index contributed by atoms with van der Waals surface area (Å²) in [5, 5.41) is 16.0. The summed E-state index contributed by atoms with van der Waals surface area (Å²) >= 11 is 0. The number of rotatable bonds is 6. The zero-order valence-electron chi connectivity index (χ0n) is 14.7. The lowest BCUT2D eigenvalue weighted by Gasteiger charge is -2.19. The van der Waals surface area contributed by atoms with Crippen LogP contribution in [-0.2, 0) is 17.8 Å². The van der Waals surface area contributed by atoms with Crippen molar-refractivity contribution in [2.45, 2.75) is 44.6 Å². The first-order valence-electron chi connectivity index (χ1n) is 8.66. The summed E-state index contributed by atoms with van der Waals surface area (Å²) in [5.41, 5.74) is 1.53. The second-order valence-corrected chi connectivity index (χ2v) is 6.43. The Morgan fingerprint density at radius 2 is 1.96 bits per heavy atom. The third kappa shape index (κ3) is 4.81. The van der Waals surface area contributed by atoms with Gasteiger partial charge >= 0.3 is 12.3 Å². The van der Waals surface area contributed by atoms with Crippen LogP contribution >= 0.6 is 0 Å². The Labute approximate surface area is 158 Å². The maximum Gasteiger partial charge on any atom is 0.573 e. The third-order valence-corrected chi connectivity index (χ3v) is 4.43. The van der Waals surface area contributed by atoms with Crippen molar-refractivity contribution in [3.63, 3.8) is 0 Å². The quantitative estimate of drug-likeness (QED) is 0.782. The number of nitrogens with zero attached hydrogens (tertiary/aromatic N) is 2. The summed E-state index contributed by atoms with van der Waals surface area (Å²) in [6, 6.07) is 3.83. The Balaban J connectivity index is 1.78. The smallest absolute Gasteiger partial charge is 0.481 e. The van der Waals surface area contributed by atoms with Gasteiger partial charge in [-0.05, 0) is 37.0 Å². The highest BCUT2D eigenvalue weighted by molar-refractivity contribution is 5.95. The number of carboxylic acid groups (broad SMARTS) is 1. The average Bonchev–Trinajstić information content (AvgIpc) is 3.04. The molecule has 0 radical (unpaired) electrons. The molecule has 2 heterocycles. The van der Waals surface area contributed by atoms with Gasteiger partial charge in [0.1, 0.15) is 5.75 Å². The molecule has 0 bridgehead atoms. The molecule has 1 aliphatic heterocycles. The molecule has 10 heteroatoms. The molecule has 1 aromatic carbocycles. The van der Waals surface area contributed by atoms with Crippen LogP contribution in [0.15, 0.2) is 30.5 Å².